The van der Waals surface area contributed by atoms with E-state index >= 15 is 0 Å². The molecule has 0 atom stereocenters. The van der Waals surface area contributed by atoms with Gasteiger partial charge in [-0.1, -0.05) is 18.2 Å². The third kappa shape index (κ3) is 3.88. The van der Waals surface area contributed by atoms with Crippen LogP contribution in [0.1, 0.15) is 24.0 Å². The number of pyridine rings is 1. The number of nitrogens with one attached hydrogen (secondary N) is 1. The first-order valence-electron chi connectivity index (χ1n) is 9.57. The van der Waals surface area contributed by atoms with Crippen molar-refractivity contribution in [3.63, 3.8) is 0 Å². The molecule has 1 fully saturated rings. The van der Waals surface area contributed by atoms with Gasteiger partial charge >= 0.3 is 6.03 Å². The number of likely N-dealkylation sites (tertiary alicyclic amines) is 1. The number of amides is 2. The van der Waals surface area contributed by atoms with Crippen LogP contribution in [0.4, 0.5) is 10.5 Å². The predicted molar refractivity (Wildman–Crippen MR) is 103 cm³/mol. The van der Waals surface area contributed by atoms with Crippen molar-refractivity contribution in [2.75, 3.05) is 31.1 Å². The Hall–Kier alpha value is -2.40. The third-order valence-electron chi connectivity index (χ3n) is 5.51. The van der Waals surface area contributed by atoms with Crippen LogP contribution in [-0.2, 0) is 12.8 Å². The van der Waals surface area contributed by atoms with Crippen molar-refractivity contribution >= 4 is 11.7 Å². The summed E-state index contributed by atoms with van der Waals surface area (Å²) in [6, 6.07) is 12.7. The molecule has 0 saturated carbocycles. The summed E-state index contributed by atoms with van der Waals surface area (Å²) in [5, 5.41) is 3.25. The lowest BCUT2D eigenvalue weighted by atomic mass is 10.0. The number of fused-ring (bicyclic) bond motifs is 1. The SMILES string of the molecule is O=C(NC1CCN(CCc2ccncc2)CC1)N1CCc2ccccc21. The number of carbonyl (C=O) groups excluding carboxylic acids is 1. The predicted octanol–water partition coefficient (Wildman–Crippen LogP) is 2.86. The summed E-state index contributed by atoms with van der Waals surface area (Å²) in [6.07, 6.45) is 7.78. The molecule has 5 heteroatoms. The highest BCUT2D eigenvalue weighted by molar-refractivity contribution is 5.94. The molecule has 5 nitrogen and oxygen atoms in total. The number of para-hydroxylation sites is 1. The van der Waals surface area contributed by atoms with E-state index in [2.05, 4.69) is 33.4 Å². The summed E-state index contributed by atoms with van der Waals surface area (Å²) in [4.78, 5) is 21.1. The largest absolute Gasteiger partial charge is 0.335 e. The topological polar surface area (TPSA) is 48.5 Å². The van der Waals surface area contributed by atoms with Crippen molar-refractivity contribution in [3.8, 4) is 0 Å². The van der Waals surface area contributed by atoms with Gasteiger partial charge in [-0.25, -0.2) is 4.79 Å². The number of hydrogen-bond donors (Lipinski definition) is 1. The Bertz CT molecular complexity index is 741. The smallest absolute Gasteiger partial charge is 0.322 e. The van der Waals surface area contributed by atoms with Crippen LogP contribution in [0, 0.1) is 0 Å². The molecule has 2 amide bonds. The Balaban J connectivity index is 1.23. The van der Waals surface area contributed by atoms with E-state index in [1.807, 2.05) is 35.5 Å². The first kappa shape index (κ1) is 17.0. The fraction of sp³-hybridized carbons (Fsp3) is 0.429. The molecule has 26 heavy (non-hydrogen) atoms. The lowest BCUT2D eigenvalue weighted by Gasteiger charge is -2.33. The highest BCUT2D eigenvalue weighted by Gasteiger charge is 2.27. The number of hydrogen-bond acceptors (Lipinski definition) is 3. The average molecular weight is 350 g/mol. The zero-order valence-electron chi connectivity index (χ0n) is 15.1. The maximum Gasteiger partial charge on any atom is 0.322 e. The minimum absolute atomic E-state index is 0.0604. The summed E-state index contributed by atoms with van der Waals surface area (Å²) in [7, 11) is 0. The second-order valence-electron chi connectivity index (χ2n) is 7.20. The number of carbonyl (C=O) groups is 1. The molecule has 2 aliphatic rings. The van der Waals surface area contributed by atoms with E-state index < -0.39 is 0 Å². The molecule has 136 valence electrons. The molecule has 1 saturated heterocycles. The minimum Gasteiger partial charge on any atom is -0.335 e. The molecule has 1 aromatic heterocycles. The summed E-state index contributed by atoms with van der Waals surface area (Å²) in [6.45, 7) is 3.96. The fourth-order valence-corrected chi connectivity index (χ4v) is 3.94. The van der Waals surface area contributed by atoms with E-state index in [1.165, 1.54) is 11.1 Å². The van der Waals surface area contributed by atoms with Crippen LogP contribution in [0.5, 0.6) is 0 Å². The summed E-state index contributed by atoms with van der Waals surface area (Å²) in [5.41, 5.74) is 3.68. The van der Waals surface area contributed by atoms with Crippen LogP contribution >= 0.6 is 0 Å². The minimum atomic E-state index is 0.0604. The van der Waals surface area contributed by atoms with Crippen molar-refractivity contribution in [2.24, 2.45) is 0 Å². The van der Waals surface area contributed by atoms with E-state index in [1.54, 1.807) is 0 Å². The van der Waals surface area contributed by atoms with Gasteiger partial charge < -0.3 is 10.2 Å². The van der Waals surface area contributed by atoms with Crippen molar-refractivity contribution < 1.29 is 4.79 Å². The molecule has 0 unspecified atom stereocenters. The molecule has 1 N–H and O–H groups in total. The molecule has 0 bridgehead atoms. The number of urea groups is 1. The van der Waals surface area contributed by atoms with Gasteiger partial charge in [-0.15, -0.1) is 0 Å². The van der Waals surface area contributed by atoms with Crippen LogP contribution in [0.25, 0.3) is 0 Å². The molecule has 0 radical (unpaired) electrons. The van der Waals surface area contributed by atoms with Crippen molar-refractivity contribution in [2.45, 2.75) is 31.7 Å². The van der Waals surface area contributed by atoms with Crippen LogP contribution in [0.15, 0.2) is 48.8 Å². The van der Waals surface area contributed by atoms with Crippen LogP contribution in [-0.4, -0.2) is 48.1 Å². The van der Waals surface area contributed by atoms with E-state index in [0.29, 0.717) is 0 Å². The highest BCUT2D eigenvalue weighted by atomic mass is 16.2. The van der Waals surface area contributed by atoms with Gasteiger partial charge in [-0.2, -0.15) is 0 Å². The number of nitrogens with zero attached hydrogens (tertiary/aromatic N) is 3. The highest BCUT2D eigenvalue weighted by Crippen LogP contribution is 2.27. The monoisotopic (exact) mass is 350 g/mol. The number of piperidine rings is 1. The zero-order valence-corrected chi connectivity index (χ0v) is 15.1. The molecule has 0 aliphatic carbocycles. The lowest BCUT2D eigenvalue weighted by Crippen LogP contribution is -2.49. The molecule has 2 aliphatic heterocycles. The molecule has 4 rings (SSSR count). The van der Waals surface area contributed by atoms with E-state index in [9.17, 15) is 4.79 Å². The Morgan fingerprint density at radius 1 is 1.08 bits per heavy atom. The maximum atomic E-state index is 12.7. The molecule has 0 spiro atoms. The number of rotatable bonds is 4. The molecule has 2 aromatic rings. The van der Waals surface area contributed by atoms with Crippen LogP contribution in [0.3, 0.4) is 0 Å². The van der Waals surface area contributed by atoms with Gasteiger partial charge in [-0.3, -0.25) is 9.88 Å². The van der Waals surface area contributed by atoms with Gasteiger partial charge in [0, 0.05) is 50.3 Å². The Labute approximate surface area is 155 Å². The maximum absolute atomic E-state index is 12.7. The normalized spacial score (nSPS) is 17.9. The summed E-state index contributed by atoms with van der Waals surface area (Å²) < 4.78 is 0. The number of anilines is 1. The van der Waals surface area contributed by atoms with Gasteiger partial charge in [-0.05, 0) is 55.0 Å². The molecule has 3 heterocycles. The first-order valence-corrected chi connectivity index (χ1v) is 9.57. The number of aromatic nitrogens is 1. The summed E-state index contributed by atoms with van der Waals surface area (Å²) in [5.74, 6) is 0. The second kappa shape index (κ2) is 7.87. The standard InChI is InChI=1S/C21H26N4O/c26-21(25-16-8-18-3-1-2-4-20(18)25)23-19-9-14-24(15-10-19)13-7-17-5-11-22-12-6-17/h1-6,11-12,19H,7-10,13-16H2,(H,23,26). The number of benzene rings is 1. The summed E-state index contributed by atoms with van der Waals surface area (Å²) >= 11 is 0. The van der Waals surface area contributed by atoms with Gasteiger partial charge in [0.05, 0.1) is 0 Å². The first-order chi connectivity index (χ1) is 12.8. The van der Waals surface area contributed by atoms with E-state index in [-0.39, 0.29) is 12.1 Å². The quantitative estimate of drug-likeness (QED) is 0.922. The molecule has 1 aromatic carbocycles. The Morgan fingerprint density at radius 2 is 1.85 bits per heavy atom. The van der Waals surface area contributed by atoms with Crippen LogP contribution in [0.2, 0.25) is 0 Å². The molecular formula is C21H26N4O. The van der Waals surface area contributed by atoms with Gasteiger partial charge in [0.2, 0.25) is 0 Å². The second-order valence-corrected chi connectivity index (χ2v) is 7.20. The Kier molecular flexibility index (Phi) is 5.16. The van der Waals surface area contributed by atoms with Gasteiger partial charge in [0.1, 0.15) is 0 Å². The molecular weight excluding hydrogens is 324 g/mol. The van der Waals surface area contributed by atoms with E-state index in [4.69, 9.17) is 0 Å². The van der Waals surface area contributed by atoms with E-state index in [0.717, 1.165) is 57.5 Å². The van der Waals surface area contributed by atoms with Crippen LogP contribution < -0.4 is 10.2 Å². The van der Waals surface area contributed by atoms with Crippen molar-refractivity contribution in [1.29, 1.82) is 0 Å². The zero-order chi connectivity index (χ0) is 17.8. The average Bonchev–Trinajstić information content (AvgIpc) is 3.12. The van der Waals surface area contributed by atoms with Gasteiger partial charge in [0.25, 0.3) is 0 Å². The Morgan fingerprint density at radius 3 is 2.65 bits per heavy atom. The lowest BCUT2D eigenvalue weighted by molar-refractivity contribution is 0.196. The van der Waals surface area contributed by atoms with Crippen molar-refractivity contribution in [1.82, 2.24) is 15.2 Å². The van der Waals surface area contributed by atoms with Gasteiger partial charge in [0.15, 0.2) is 0 Å². The third-order valence-corrected chi connectivity index (χ3v) is 5.51. The fourth-order valence-electron chi connectivity index (χ4n) is 3.94. The van der Waals surface area contributed by atoms with Crippen molar-refractivity contribution in [3.05, 3.63) is 59.9 Å².